The third kappa shape index (κ3) is 2.01. The summed E-state index contributed by atoms with van der Waals surface area (Å²) in [6, 6.07) is 10.7. The highest BCUT2D eigenvalue weighted by atomic mass is 16.1. The van der Waals surface area contributed by atoms with Crippen LogP contribution in [0.3, 0.4) is 0 Å². The Bertz CT molecular complexity index is 693. The molecular weight excluding hydrogens is 242 g/mol. The number of benzene rings is 1. The first-order valence-corrected chi connectivity index (χ1v) is 5.70. The first-order valence-electron chi connectivity index (χ1n) is 5.70. The molecule has 1 heterocycles. The molecule has 0 radical (unpaired) electrons. The number of ketones is 2. The number of para-hydroxylation sites is 1. The molecule has 5 nitrogen and oxygen atoms in total. The number of aromatic nitrogens is 2. The van der Waals surface area contributed by atoms with Crippen molar-refractivity contribution in [1.82, 2.24) is 10.2 Å². The van der Waals surface area contributed by atoms with Gasteiger partial charge in [0.2, 0.25) is 5.78 Å². The summed E-state index contributed by atoms with van der Waals surface area (Å²) in [5.74, 6) is -0.575. The third-order valence-corrected chi connectivity index (χ3v) is 2.77. The Morgan fingerprint density at radius 3 is 2.58 bits per heavy atom. The average Bonchev–Trinajstić information content (AvgIpc) is 2.46. The number of Topliss-reactive ketones (excluding diaryl/α,β-unsaturated/α-hetero) is 1. The summed E-state index contributed by atoms with van der Waals surface area (Å²) in [7, 11) is 0. The van der Waals surface area contributed by atoms with E-state index in [-0.39, 0.29) is 23.0 Å². The number of fused-ring (bicyclic) bond motifs is 1. The highest BCUT2D eigenvalue weighted by molar-refractivity contribution is 6.24. The molecule has 0 unspecified atom stereocenters. The SMILES string of the molecule is O=C1C=C(Nc2ccccc2)C(=O)c2nnccc21. The first kappa shape index (κ1) is 11.3. The molecule has 0 atom stereocenters. The van der Waals surface area contributed by atoms with Crippen LogP contribution in [0.4, 0.5) is 5.69 Å². The molecule has 1 aliphatic carbocycles. The maximum Gasteiger partial charge on any atom is 0.230 e. The monoisotopic (exact) mass is 251 g/mol. The number of nitrogens with one attached hydrogen (secondary N) is 1. The summed E-state index contributed by atoms with van der Waals surface area (Å²) in [6.07, 6.45) is 2.69. The third-order valence-electron chi connectivity index (χ3n) is 2.77. The second kappa shape index (κ2) is 4.45. The number of anilines is 1. The minimum absolute atomic E-state index is 0.0911. The van der Waals surface area contributed by atoms with Crippen LogP contribution in [0.1, 0.15) is 20.8 Å². The molecule has 1 N–H and O–H groups in total. The molecule has 1 aromatic heterocycles. The standard InChI is InChI=1S/C14H9N3O2/c18-12-8-11(16-9-4-2-1-3-5-9)14(19)13-10(12)6-7-15-17-13/h1-8,16H. The van der Waals surface area contributed by atoms with E-state index >= 15 is 0 Å². The summed E-state index contributed by atoms with van der Waals surface area (Å²) < 4.78 is 0. The van der Waals surface area contributed by atoms with Gasteiger partial charge in [-0.15, -0.1) is 5.10 Å². The van der Waals surface area contributed by atoms with Gasteiger partial charge in [0, 0.05) is 11.8 Å². The molecule has 0 bridgehead atoms. The van der Waals surface area contributed by atoms with Gasteiger partial charge >= 0.3 is 0 Å². The lowest BCUT2D eigenvalue weighted by atomic mass is 9.98. The van der Waals surface area contributed by atoms with E-state index in [0.29, 0.717) is 5.56 Å². The second-order valence-corrected chi connectivity index (χ2v) is 4.04. The van der Waals surface area contributed by atoms with Gasteiger partial charge in [0.25, 0.3) is 0 Å². The van der Waals surface area contributed by atoms with E-state index in [1.54, 1.807) is 0 Å². The second-order valence-electron chi connectivity index (χ2n) is 4.04. The van der Waals surface area contributed by atoms with Crippen molar-refractivity contribution in [2.75, 3.05) is 5.32 Å². The Morgan fingerprint density at radius 2 is 1.79 bits per heavy atom. The number of carbonyl (C=O) groups is 2. The maximum absolute atomic E-state index is 12.2. The zero-order chi connectivity index (χ0) is 13.2. The van der Waals surface area contributed by atoms with Gasteiger partial charge in [-0.3, -0.25) is 9.59 Å². The predicted octanol–water partition coefficient (Wildman–Crippen LogP) is 1.85. The van der Waals surface area contributed by atoms with Crippen molar-refractivity contribution in [2.45, 2.75) is 0 Å². The van der Waals surface area contributed by atoms with Crippen LogP contribution in [0.15, 0.2) is 54.4 Å². The van der Waals surface area contributed by atoms with Gasteiger partial charge in [0.05, 0.1) is 17.5 Å². The molecule has 0 fully saturated rings. The van der Waals surface area contributed by atoms with Crippen LogP contribution in [0.5, 0.6) is 0 Å². The molecule has 0 spiro atoms. The average molecular weight is 251 g/mol. The Balaban J connectivity index is 1.97. The molecule has 1 aromatic carbocycles. The van der Waals surface area contributed by atoms with E-state index < -0.39 is 0 Å². The van der Waals surface area contributed by atoms with Crippen LogP contribution in [0.2, 0.25) is 0 Å². The highest BCUT2D eigenvalue weighted by Crippen LogP contribution is 2.20. The van der Waals surface area contributed by atoms with Gasteiger partial charge in [-0.05, 0) is 18.2 Å². The minimum atomic E-state index is -0.327. The Kier molecular flexibility index (Phi) is 2.64. The van der Waals surface area contributed by atoms with Gasteiger partial charge in [0.1, 0.15) is 5.69 Å². The van der Waals surface area contributed by atoms with Crippen LogP contribution in [-0.4, -0.2) is 21.8 Å². The molecule has 1 aliphatic rings. The van der Waals surface area contributed by atoms with Crippen molar-refractivity contribution in [3.05, 3.63) is 65.6 Å². The Hall–Kier alpha value is -2.82. The van der Waals surface area contributed by atoms with Gasteiger partial charge in [0.15, 0.2) is 5.78 Å². The summed E-state index contributed by atoms with van der Waals surface area (Å²) in [5.41, 5.74) is 1.33. The molecule has 92 valence electrons. The number of hydrogen-bond donors (Lipinski definition) is 1. The van der Waals surface area contributed by atoms with E-state index in [9.17, 15) is 9.59 Å². The Labute approximate surface area is 109 Å². The summed E-state index contributed by atoms with van der Waals surface area (Å²) >= 11 is 0. The topological polar surface area (TPSA) is 72.0 Å². The number of hydrogen-bond acceptors (Lipinski definition) is 5. The molecule has 5 heteroatoms. The fourth-order valence-corrected chi connectivity index (χ4v) is 1.87. The molecular formula is C14H9N3O2. The van der Waals surface area contributed by atoms with Crippen LogP contribution in [-0.2, 0) is 0 Å². The lowest BCUT2D eigenvalue weighted by Crippen LogP contribution is -2.23. The summed E-state index contributed by atoms with van der Waals surface area (Å²) in [5, 5.41) is 10.3. The first-order chi connectivity index (χ1) is 9.25. The largest absolute Gasteiger partial charge is 0.352 e. The van der Waals surface area contributed by atoms with Crippen LogP contribution in [0, 0.1) is 0 Å². The van der Waals surface area contributed by atoms with E-state index in [2.05, 4.69) is 15.5 Å². The zero-order valence-electron chi connectivity index (χ0n) is 9.83. The van der Waals surface area contributed by atoms with E-state index in [1.807, 2.05) is 30.3 Å². The zero-order valence-corrected chi connectivity index (χ0v) is 9.83. The predicted molar refractivity (Wildman–Crippen MR) is 68.8 cm³/mol. The van der Waals surface area contributed by atoms with Crippen LogP contribution in [0.25, 0.3) is 0 Å². The molecule has 19 heavy (non-hydrogen) atoms. The fraction of sp³-hybridized carbons (Fsp3) is 0. The number of allylic oxidation sites excluding steroid dienone is 2. The smallest absolute Gasteiger partial charge is 0.230 e. The minimum Gasteiger partial charge on any atom is -0.352 e. The van der Waals surface area contributed by atoms with Gasteiger partial charge in [-0.1, -0.05) is 18.2 Å². The van der Waals surface area contributed by atoms with E-state index in [1.165, 1.54) is 18.3 Å². The molecule has 0 amide bonds. The molecule has 0 aliphatic heterocycles. The van der Waals surface area contributed by atoms with Crippen LogP contribution < -0.4 is 5.32 Å². The van der Waals surface area contributed by atoms with Crippen LogP contribution >= 0.6 is 0 Å². The molecule has 3 rings (SSSR count). The molecule has 0 saturated heterocycles. The van der Waals surface area contributed by atoms with Crippen molar-refractivity contribution in [3.63, 3.8) is 0 Å². The quantitative estimate of drug-likeness (QED) is 0.881. The lowest BCUT2D eigenvalue weighted by molar-refractivity contribution is 0.0980. The Morgan fingerprint density at radius 1 is 1.00 bits per heavy atom. The lowest BCUT2D eigenvalue weighted by Gasteiger charge is -2.14. The van der Waals surface area contributed by atoms with Gasteiger partial charge in [-0.2, -0.15) is 5.10 Å². The normalized spacial score (nSPS) is 13.8. The molecule has 2 aromatic rings. The fourth-order valence-electron chi connectivity index (χ4n) is 1.87. The van der Waals surface area contributed by atoms with Crippen molar-refractivity contribution < 1.29 is 9.59 Å². The summed E-state index contributed by atoms with van der Waals surface area (Å²) in [6.45, 7) is 0. The maximum atomic E-state index is 12.2. The number of rotatable bonds is 2. The van der Waals surface area contributed by atoms with Crippen molar-refractivity contribution in [1.29, 1.82) is 0 Å². The van der Waals surface area contributed by atoms with Gasteiger partial charge in [-0.25, -0.2) is 0 Å². The van der Waals surface area contributed by atoms with Crippen molar-refractivity contribution in [2.24, 2.45) is 0 Å². The number of carbonyl (C=O) groups excluding carboxylic acids is 2. The summed E-state index contributed by atoms with van der Waals surface area (Å²) in [4.78, 5) is 24.1. The van der Waals surface area contributed by atoms with E-state index in [0.717, 1.165) is 5.69 Å². The van der Waals surface area contributed by atoms with Crippen molar-refractivity contribution in [3.8, 4) is 0 Å². The number of nitrogens with zero attached hydrogens (tertiary/aromatic N) is 2. The highest BCUT2D eigenvalue weighted by Gasteiger charge is 2.27. The molecule has 0 saturated carbocycles. The van der Waals surface area contributed by atoms with Crippen molar-refractivity contribution >= 4 is 17.3 Å². The van der Waals surface area contributed by atoms with Gasteiger partial charge < -0.3 is 5.32 Å². The van der Waals surface area contributed by atoms with E-state index in [4.69, 9.17) is 0 Å².